The number of hydrogen-bond donors (Lipinski definition) is 1. The fourth-order valence-electron chi connectivity index (χ4n) is 3.44. The summed E-state index contributed by atoms with van der Waals surface area (Å²) in [7, 11) is 0. The monoisotopic (exact) mass is 289 g/mol. The first-order chi connectivity index (χ1) is 9.76. The molecule has 1 aromatic carbocycles. The van der Waals surface area contributed by atoms with E-state index >= 15 is 0 Å². The van der Waals surface area contributed by atoms with E-state index in [1.54, 1.807) is 0 Å². The van der Waals surface area contributed by atoms with Crippen LogP contribution in [0.1, 0.15) is 56.2 Å². The Labute approximate surface area is 127 Å². The van der Waals surface area contributed by atoms with Crippen LogP contribution in [0.15, 0.2) is 24.3 Å². The molecule has 0 amide bonds. The molecular formula is C18H27NS. The van der Waals surface area contributed by atoms with Crippen molar-refractivity contribution in [3.05, 3.63) is 35.4 Å². The second kappa shape index (κ2) is 6.53. The fourth-order valence-corrected chi connectivity index (χ4v) is 4.58. The van der Waals surface area contributed by atoms with Crippen LogP contribution >= 0.6 is 11.8 Å². The number of aryl methyl sites for hydroxylation is 1. The molecule has 2 aliphatic carbocycles. The van der Waals surface area contributed by atoms with Gasteiger partial charge in [0.15, 0.2) is 0 Å². The van der Waals surface area contributed by atoms with Gasteiger partial charge in [0.05, 0.1) is 0 Å². The molecule has 20 heavy (non-hydrogen) atoms. The third-order valence-corrected chi connectivity index (χ3v) is 5.96. The lowest BCUT2D eigenvalue weighted by atomic mass is 10.00. The highest BCUT2D eigenvalue weighted by Gasteiger charge is 2.35. The molecule has 0 aromatic heterocycles. The Hall–Kier alpha value is -0.470. The molecule has 0 spiro atoms. The van der Waals surface area contributed by atoms with Crippen LogP contribution in [0.3, 0.4) is 0 Å². The van der Waals surface area contributed by atoms with Crippen LogP contribution in [-0.2, 0) is 0 Å². The lowest BCUT2D eigenvalue weighted by molar-refractivity contribution is 0.406. The van der Waals surface area contributed by atoms with Crippen molar-refractivity contribution in [2.45, 2.75) is 63.3 Å². The van der Waals surface area contributed by atoms with Crippen molar-refractivity contribution in [3.8, 4) is 0 Å². The van der Waals surface area contributed by atoms with Gasteiger partial charge in [0.2, 0.25) is 0 Å². The van der Waals surface area contributed by atoms with Crippen molar-refractivity contribution in [1.29, 1.82) is 0 Å². The predicted octanol–water partition coefficient (Wildman–Crippen LogP) is 4.71. The van der Waals surface area contributed by atoms with Gasteiger partial charge in [0, 0.05) is 17.3 Å². The van der Waals surface area contributed by atoms with E-state index in [0.29, 0.717) is 6.04 Å². The average molecular weight is 289 g/mol. The van der Waals surface area contributed by atoms with Gasteiger partial charge >= 0.3 is 0 Å². The van der Waals surface area contributed by atoms with Crippen molar-refractivity contribution < 1.29 is 0 Å². The smallest absolute Gasteiger partial charge is 0.0351 e. The van der Waals surface area contributed by atoms with Crippen LogP contribution in [-0.4, -0.2) is 17.0 Å². The molecule has 110 valence electrons. The van der Waals surface area contributed by atoms with E-state index in [1.807, 2.05) is 0 Å². The molecule has 2 heteroatoms. The van der Waals surface area contributed by atoms with Crippen molar-refractivity contribution >= 4 is 11.8 Å². The first-order valence-corrected chi connectivity index (χ1v) is 9.25. The van der Waals surface area contributed by atoms with Gasteiger partial charge in [0.25, 0.3) is 0 Å². The molecule has 0 bridgehead atoms. The maximum Gasteiger partial charge on any atom is 0.0351 e. The van der Waals surface area contributed by atoms with E-state index in [0.717, 1.165) is 17.2 Å². The van der Waals surface area contributed by atoms with Gasteiger partial charge in [-0.15, -0.1) is 0 Å². The zero-order chi connectivity index (χ0) is 13.9. The first kappa shape index (κ1) is 14.5. The Morgan fingerprint density at radius 3 is 2.55 bits per heavy atom. The van der Waals surface area contributed by atoms with Gasteiger partial charge in [-0.3, -0.25) is 0 Å². The van der Waals surface area contributed by atoms with Gasteiger partial charge < -0.3 is 5.32 Å². The van der Waals surface area contributed by atoms with E-state index in [9.17, 15) is 0 Å². The minimum Gasteiger partial charge on any atom is -0.307 e. The van der Waals surface area contributed by atoms with Gasteiger partial charge in [-0.1, -0.05) is 36.8 Å². The Balaban J connectivity index is 1.62. The van der Waals surface area contributed by atoms with Crippen LogP contribution in [0, 0.1) is 12.8 Å². The molecule has 2 fully saturated rings. The molecular weight excluding hydrogens is 262 g/mol. The van der Waals surface area contributed by atoms with Crippen molar-refractivity contribution in [3.63, 3.8) is 0 Å². The Bertz CT molecular complexity index is 424. The Kier molecular flexibility index (Phi) is 4.72. The molecule has 3 atom stereocenters. The maximum atomic E-state index is 3.99. The SMILES string of the molecule is CCSC1CCC(NC(c2ccc(C)cc2)C2CC2)C1. The largest absolute Gasteiger partial charge is 0.307 e. The summed E-state index contributed by atoms with van der Waals surface area (Å²) in [6.45, 7) is 4.46. The number of rotatable bonds is 6. The number of nitrogens with one attached hydrogen (secondary N) is 1. The van der Waals surface area contributed by atoms with Crippen LogP contribution in [0.5, 0.6) is 0 Å². The summed E-state index contributed by atoms with van der Waals surface area (Å²) in [5, 5.41) is 4.89. The van der Waals surface area contributed by atoms with E-state index in [4.69, 9.17) is 0 Å². The molecule has 0 saturated heterocycles. The molecule has 3 rings (SSSR count). The normalized spacial score (nSPS) is 27.7. The summed E-state index contributed by atoms with van der Waals surface area (Å²) >= 11 is 2.15. The third-order valence-electron chi connectivity index (χ3n) is 4.73. The highest BCUT2D eigenvalue weighted by atomic mass is 32.2. The minimum atomic E-state index is 0.603. The number of thioether (sulfide) groups is 1. The molecule has 1 aromatic rings. The third kappa shape index (κ3) is 3.59. The molecule has 1 nitrogen and oxygen atoms in total. The molecule has 3 unspecified atom stereocenters. The second-order valence-electron chi connectivity index (χ2n) is 6.48. The second-order valence-corrected chi connectivity index (χ2v) is 8.06. The van der Waals surface area contributed by atoms with Crippen LogP contribution in [0.4, 0.5) is 0 Å². The zero-order valence-electron chi connectivity index (χ0n) is 12.8. The topological polar surface area (TPSA) is 12.0 Å². The van der Waals surface area contributed by atoms with Crippen LogP contribution < -0.4 is 5.32 Å². The summed E-state index contributed by atoms with van der Waals surface area (Å²) in [4.78, 5) is 0. The maximum absolute atomic E-state index is 3.99. The Morgan fingerprint density at radius 1 is 1.15 bits per heavy atom. The summed E-state index contributed by atoms with van der Waals surface area (Å²) < 4.78 is 0. The summed E-state index contributed by atoms with van der Waals surface area (Å²) in [5.74, 6) is 2.15. The van der Waals surface area contributed by atoms with Crippen LogP contribution in [0.25, 0.3) is 0 Å². The predicted molar refractivity (Wildman–Crippen MR) is 89.3 cm³/mol. The fraction of sp³-hybridized carbons (Fsp3) is 0.667. The summed E-state index contributed by atoms with van der Waals surface area (Å²) in [5.41, 5.74) is 2.87. The molecule has 1 N–H and O–H groups in total. The minimum absolute atomic E-state index is 0.603. The first-order valence-electron chi connectivity index (χ1n) is 8.20. The highest BCUT2D eigenvalue weighted by Crippen LogP contribution is 2.42. The zero-order valence-corrected chi connectivity index (χ0v) is 13.6. The molecule has 0 aliphatic heterocycles. The lowest BCUT2D eigenvalue weighted by Gasteiger charge is -2.24. The molecule has 2 saturated carbocycles. The van der Waals surface area contributed by atoms with Crippen molar-refractivity contribution in [1.82, 2.24) is 5.32 Å². The summed E-state index contributed by atoms with van der Waals surface area (Å²) in [6.07, 6.45) is 6.96. The van der Waals surface area contributed by atoms with E-state index in [1.165, 1.54) is 49.0 Å². The number of benzene rings is 1. The van der Waals surface area contributed by atoms with Gasteiger partial charge in [0.1, 0.15) is 0 Å². The highest BCUT2D eigenvalue weighted by molar-refractivity contribution is 7.99. The quantitative estimate of drug-likeness (QED) is 0.814. The summed E-state index contributed by atoms with van der Waals surface area (Å²) in [6, 6.07) is 10.5. The van der Waals surface area contributed by atoms with E-state index in [2.05, 4.69) is 55.2 Å². The Morgan fingerprint density at radius 2 is 1.90 bits per heavy atom. The van der Waals surface area contributed by atoms with Crippen molar-refractivity contribution in [2.24, 2.45) is 5.92 Å². The van der Waals surface area contributed by atoms with Crippen molar-refractivity contribution in [2.75, 3.05) is 5.75 Å². The van der Waals surface area contributed by atoms with Crippen LogP contribution in [0.2, 0.25) is 0 Å². The lowest BCUT2D eigenvalue weighted by Crippen LogP contribution is -2.32. The van der Waals surface area contributed by atoms with E-state index < -0.39 is 0 Å². The molecule has 2 aliphatic rings. The molecule has 0 heterocycles. The average Bonchev–Trinajstić information content (AvgIpc) is 3.19. The number of hydrogen-bond acceptors (Lipinski definition) is 2. The molecule has 0 radical (unpaired) electrons. The van der Waals surface area contributed by atoms with Gasteiger partial charge in [-0.05, 0) is 56.3 Å². The van der Waals surface area contributed by atoms with E-state index in [-0.39, 0.29) is 0 Å². The van der Waals surface area contributed by atoms with Gasteiger partial charge in [-0.25, -0.2) is 0 Å². The standard InChI is InChI=1S/C18H27NS/c1-3-20-17-11-10-16(12-17)19-18(15-8-9-15)14-6-4-13(2)5-7-14/h4-7,15-19H,3,8-12H2,1-2H3. The van der Waals surface area contributed by atoms with Gasteiger partial charge in [-0.2, -0.15) is 11.8 Å².